The van der Waals surface area contributed by atoms with Gasteiger partial charge in [0.15, 0.2) is 5.43 Å². The number of nitrogen functional groups attached to an aromatic ring is 1. The van der Waals surface area contributed by atoms with Crippen LogP contribution in [-0.4, -0.2) is 14.7 Å². The van der Waals surface area contributed by atoms with Crippen LogP contribution in [0.2, 0.25) is 0 Å². The third-order valence-corrected chi connectivity index (χ3v) is 5.60. The van der Waals surface area contributed by atoms with Gasteiger partial charge in [-0.1, -0.05) is 60.7 Å². The van der Waals surface area contributed by atoms with E-state index < -0.39 is 6.10 Å². The van der Waals surface area contributed by atoms with Crippen LogP contribution in [0.5, 0.6) is 0 Å². The topological polar surface area (TPSA) is 81.1 Å². The highest BCUT2D eigenvalue weighted by Crippen LogP contribution is 2.28. The van der Waals surface area contributed by atoms with Gasteiger partial charge in [0, 0.05) is 23.0 Å². The molecule has 0 saturated heterocycles. The highest BCUT2D eigenvalue weighted by atomic mass is 16.3. The third kappa shape index (κ3) is 5.07. The Morgan fingerprint density at radius 2 is 1.79 bits per heavy atom. The van der Waals surface area contributed by atoms with Crippen molar-refractivity contribution in [3.63, 3.8) is 0 Å². The zero-order valence-corrected chi connectivity index (χ0v) is 19.1. The number of benzene rings is 1. The number of nitrogens with zero attached hydrogens (tertiary/aromatic N) is 2. The molecule has 2 heterocycles. The number of aromatic nitrogens is 2. The van der Waals surface area contributed by atoms with Gasteiger partial charge in [-0.05, 0) is 55.7 Å². The van der Waals surface area contributed by atoms with E-state index in [0.29, 0.717) is 33.7 Å². The lowest BCUT2D eigenvalue weighted by Gasteiger charge is -2.18. The van der Waals surface area contributed by atoms with E-state index in [0.717, 1.165) is 5.69 Å². The van der Waals surface area contributed by atoms with E-state index in [1.807, 2.05) is 55.5 Å². The molecule has 2 aromatic heterocycles. The number of aliphatic hydroxyl groups is 1. The average Bonchev–Trinajstić information content (AvgIpc) is 3.15. The first-order valence-corrected chi connectivity index (χ1v) is 11.2. The Bertz CT molecular complexity index is 1420. The monoisotopic (exact) mass is 449 g/mol. The maximum Gasteiger partial charge on any atom is 0.193 e. The van der Waals surface area contributed by atoms with Crippen LogP contribution in [0.1, 0.15) is 30.2 Å². The van der Waals surface area contributed by atoms with Gasteiger partial charge in [-0.3, -0.25) is 9.36 Å². The van der Waals surface area contributed by atoms with Crippen molar-refractivity contribution in [3.05, 3.63) is 130 Å². The zero-order chi connectivity index (χ0) is 23.9. The lowest BCUT2D eigenvalue weighted by molar-refractivity contribution is 0.218. The van der Waals surface area contributed by atoms with Crippen LogP contribution in [0.3, 0.4) is 0 Å². The second-order valence-electron chi connectivity index (χ2n) is 8.00. The quantitative estimate of drug-likeness (QED) is 0.524. The second kappa shape index (κ2) is 10.6. The van der Waals surface area contributed by atoms with Crippen molar-refractivity contribution >= 4 is 16.9 Å². The van der Waals surface area contributed by atoms with Crippen LogP contribution in [0.25, 0.3) is 16.7 Å². The molecule has 5 heteroatoms. The number of anilines is 1. The standard InChI is InChI=1S/C23H19N3O2.C6H8/c1-15-18(22(28)16-9-5-2-3-6-10-16)13-19-20(27)14-21(24)26(23(19)25-15)17-11-7-4-8-12-17;1-2-4-6-5-3-1/h2-5,7-14,22,28H,24H2,1H3;1-4H,5-6H2. The van der Waals surface area contributed by atoms with E-state index in [-0.39, 0.29) is 5.43 Å². The zero-order valence-electron chi connectivity index (χ0n) is 19.1. The van der Waals surface area contributed by atoms with E-state index in [9.17, 15) is 9.90 Å². The Morgan fingerprint density at radius 1 is 1.06 bits per heavy atom. The van der Waals surface area contributed by atoms with Crippen molar-refractivity contribution < 1.29 is 5.11 Å². The number of hydrogen-bond acceptors (Lipinski definition) is 4. The van der Waals surface area contributed by atoms with Crippen LogP contribution in [0, 0.1) is 6.92 Å². The molecule has 2 aliphatic rings. The first-order valence-electron chi connectivity index (χ1n) is 11.2. The Labute approximate surface area is 198 Å². The molecule has 34 heavy (non-hydrogen) atoms. The number of aliphatic hydroxyl groups excluding tert-OH is 1. The fraction of sp³-hybridized carbons (Fsp3) is 0.138. The summed E-state index contributed by atoms with van der Waals surface area (Å²) in [7, 11) is 0. The number of aryl methyl sites for hydroxylation is 1. The van der Waals surface area contributed by atoms with E-state index in [4.69, 9.17) is 5.73 Å². The number of pyridine rings is 2. The highest BCUT2D eigenvalue weighted by molar-refractivity contribution is 5.80. The Hall–Kier alpha value is -4.18. The summed E-state index contributed by atoms with van der Waals surface area (Å²) in [6, 6.07) is 12.6. The molecule has 1 unspecified atom stereocenters. The number of nitrogens with two attached hydrogens (primary N) is 1. The average molecular weight is 450 g/mol. The molecule has 0 radical (unpaired) electrons. The fourth-order valence-corrected chi connectivity index (χ4v) is 3.85. The number of hydrogen-bond donors (Lipinski definition) is 2. The molecule has 1 aromatic carbocycles. The highest BCUT2D eigenvalue weighted by Gasteiger charge is 2.19. The Morgan fingerprint density at radius 3 is 2.47 bits per heavy atom. The van der Waals surface area contributed by atoms with Crippen molar-refractivity contribution in [2.75, 3.05) is 5.73 Å². The maximum atomic E-state index is 12.6. The molecular weight excluding hydrogens is 422 g/mol. The smallest absolute Gasteiger partial charge is 0.193 e. The molecule has 170 valence electrons. The van der Waals surface area contributed by atoms with Gasteiger partial charge in [-0.15, -0.1) is 5.73 Å². The third-order valence-electron chi connectivity index (χ3n) is 5.60. The molecule has 0 saturated carbocycles. The SMILES string of the molecule is C1=CCCC=C1.Cc1nc2c(cc1C(O)C1=CC=CC=C=C1)c(=O)cc(N)n2-c1ccccc1. The van der Waals surface area contributed by atoms with Crippen LogP contribution in [-0.2, 0) is 0 Å². The number of rotatable bonds is 3. The molecular formula is C29H27N3O2. The van der Waals surface area contributed by atoms with Gasteiger partial charge >= 0.3 is 0 Å². The van der Waals surface area contributed by atoms with Gasteiger partial charge in [0.2, 0.25) is 0 Å². The van der Waals surface area contributed by atoms with E-state index in [1.54, 1.807) is 22.8 Å². The van der Waals surface area contributed by atoms with Crippen molar-refractivity contribution in [2.45, 2.75) is 25.9 Å². The fourth-order valence-electron chi connectivity index (χ4n) is 3.85. The van der Waals surface area contributed by atoms with Gasteiger partial charge < -0.3 is 10.8 Å². The molecule has 3 aromatic rings. The van der Waals surface area contributed by atoms with Gasteiger partial charge in [0.05, 0.1) is 5.39 Å². The van der Waals surface area contributed by atoms with Crippen LogP contribution < -0.4 is 11.2 Å². The largest absolute Gasteiger partial charge is 0.385 e. The van der Waals surface area contributed by atoms with E-state index >= 15 is 0 Å². The molecule has 0 fully saturated rings. The summed E-state index contributed by atoms with van der Waals surface area (Å²) in [5, 5.41) is 11.3. The normalized spacial score (nSPS) is 14.9. The van der Waals surface area contributed by atoms with Crippen molar-refractivity contribution in [1.82, 2.24) is 9.55 Å². The van der Waals surface area contributed by atoms with Crippen molar-refractivity contribution in [3.8, 4) is 5.69 Å². The summed E-state index contributed by atoms with van der Waals surface area (Å²) in [6.45, 7) is 1.81. The second-order valence-corrected chi connectivity index (χ2v) is 8.00. The molecule has 0 aliphatic heterocycles. The van der Waals surface area contributed by atoms with E-state index in [2.05, 4.69) is 35.0 Å². The molecule has 0 spiro atoms. The number of para-hydroxylation sites is 1. The summed E-state index contributed by atoms with van der Waals surface area (Å²) in [4.78, 5) is 17.3. The molecule has 0 amide bonds. The van der Waals surface area contributed by atoms with Crippen molar-refractivity contribution in [2.24, 2.45) is 0 Å². The molecule has 3 N–H and O–H groups in total. The summed E-state index contributed by atoms with van der Waals surface area (Å²) in [5.41, 5.74) is 12.1. The minimum atomic E-state index is -0.914. The minimum Gasteiger partial charge on any atom is -0.385 e. The molecule has 0 bridgehead atoms. The summed E-state index contributed by atoms with van der Waals surface area (Å²) < 4.78 is 1.75. The van der Waals surface area contributed by atoms with Gasteiger partial charge in [-0.25, -0.2) is 4.98 Å². The van der Waals surface area contributed by atoms with Crippen LogP contribution in [0.15, 0.2) is 113 Å². The molecule has 5 rings (SSSR count). The summed E-state index contributed by atoms with van der Waals surface area (Å²) in [6.07, 6.45) is 19.1. The minimum absolute atomic E-state index is 0.231. The van der Waals surface area contributed by atoms with E-state index in [1.165, 1.54) is 18.9 Å². The first-order chi connectivity index (χ1) is 16.6. The molecule has 1 atom stereocenters. The summed E-state index contributed by atoms with van der Waals surface area (Å²) in [5.74, 6) is 0.314. The van der Waals surface area contributed by atoms with Crippen LogP contribution >= 0.6 is 0 Å². The lowest BCUT2D eigenvalue weighted by atomic mass is 9.98. The predicted octanol–water partition coefficient (Wildman–Crippen LogP) is 5.41. The molecule has 5 nitrogen and oxygen atoms in total. The first kappa shape index (κ1) is 23.0. The summed E-state index contributed by atoms with van der Waals surface area (Å²) >= 11 is 0. The predicted molar refractivity (Wildman–Crippen MR) is 139 cm³/mol. The van der Waals surface area contributed by atoms with Crippen LogP contribution in [0.4, 0.5) is 5.82 Å². The molecule has 2 aliphatic carbocycles. The Balaban J connectivity index is 0.000000398. The van der Waals surface area contributed by atoms with Gasteiger partial charge in [0.1, 0.15) is 17.6 Å². The van der Waals surface area contributed by atoms with Gasteiger partial charge in [-0.2, -0.15) is 0 Å². The number of allylic oxidation sites excluding steroid dienone is 7. The maximum absolute atomic E-state index is 12.6. The van der Waals surface area contributed by atoms with Crippen molar-refractivity contribution in [1.29, 1.82) is 0 Å². The Kier molecular flexibility index (Phi) is 7.19. The lowest BCUT2D eigenvalue weighted by Crippen LogP contribution is -2.15. The number of fused-ring (bicyclic) bond motifs is 1. The van der Waals surface area contributed by atoms with Gasteiger partial charge in [0.25, 0.3) is 0 Å².